The molecule has 1 rings (SSSR count). The summed E-state index contributed by atoms with van der Waals surface area (Å²) in [5, 5.41) is 9.26. The van der Waals surface area contributed by atoms with Gasteiger partial charge < -0.3 is 9.80 Å². The molecule has 2 amide bonds. The normalized spacial score (nSPS) is 8.31. The van der Waals surface area contributed by atoms with Crippen molar-refractivity contribution in [1.29, 1.82) is 0 Å². The number of aromatic nitrogens is 3. The minimum Gasteiger partial charge on any atom is -0.331 e. The SMILES string of the molecule is CN(C)C(=O)N(C)C.c1c[nH]nn1. The zero-order valence-corrected chi connectivity index (χ0v) is 8.35. The number of carbonyl (C=O) groups excluding carboxylic acids is 1. The van der Waals surface area contributed by atoms with E-state index in [-0.39, 0.29) is 6.03 Å². The monoisotopic (exact) mass is 185 g/mol. The largest absolute Gasteiger partial charge is 0.331 e. The van der Waals surface area contributed by atoms with E-state index in [1.807, 2.05) is 0 Å². The van der Waals surface area contributed by atoms with Crippen LogP contribution in [-0.2, 0) is 0 Å². The van der Waals surface area contributed by atoms with E-state index in [1.54, 1.807) is 40.6 Å². The summed E-state index contributed by atoms with van der Waals surface area (Å²) in [5.74, 6) is 0. The Hall–Kier alpha value is -1.59. The molecule has 0 aliphatic carbocycles. The Kier molecular flexibility index (Phi) is 5.25. The molecular formula is C7H15N5O. The second-order valence-corrected chi connectivity index (χ2v) is 2.73. The van der Waals surface area contributed by atoms with Crippen molar-refractivity contribution in [3.8, 4) is 0 Å². The van der Waals surface area contributed by atoms with Crippen molar-refractivity contribution in [3.05, 3.63) is 12.4 Å². The Balaban J connectivity index is 0.000000243. The molecule has 1 N–H and O–H groups in total. The maximum absolute atomic E-state index is 10.7. The first-order valence-electron chi connectivity index (χ1n) is 3.74. The van der Waals surface area contributed by atoms with Gasteiger partial charge in [0.2, 0.25) is 0 Å². The summed E-state index contributed by atoms with van der Waals surface area (Å²) >= 11 is 0. The fraction of sp³-hybridized carbons (Fsp3) is 0.571. The Morgan fingerprint density at radius 1 is 1.23 bits per heavy atom. The molecular weight excluding hydrogens is 170 g/mol. The number of amides is 2. The van der Waals surface area contributed by atoms with Crippen LogP contribution in [0.25, 0.3) is 0 Å². The molecule has 0 spiro atoms. The fourth-order valence-corrected chi connectivity index (χ4v) is 0.567. The van der Waals surface area contributed by atoms with Crippen LogP contribution in [0.15, 0.2) is 12.4 Å². The maximum atomic E-state index is 10.7. The first-order valence-corrected chi connectivity index (χ1v) is 3.74. The van der Waals surface area contributed by atoms with Crippen LogP contribution >= 0.6 is 0 Å². The molecule has 6 nitrogen and oxygen atoms in total. The predicted octanol–water partition coefficient (Wildman–Crippen LogP) is 0.0343. The number of nitrogens with one attached hydrogen (secondary N) is 1. The smallest absolute Gasteiger partial charge is 0.318 e. The van der Waals surface area contributed by atoms with Crippen molar-refractivity contribution in [2.75, 3.05) is 28.2 Å². The van der Waals surface area contributed by atoms with E-state index in [4.69, 9.17) is 0 Å². The van der Waals surface area contributed by atoms with Gasteiger partial charge in [-0.1, -0.05) is 5.21 Å². The summed E-state index contributed by atoms with van der Waals surface area (Å²) in [6.45, 7) is 0. The second kappa shape index (κ2) is 5.99. The fourth-order valence-electron chi connectivity index (χ4n) is 0.567. The molecule has 0 radical (unpaired) electrons. The Labute approximate surface area is 77.5 Å². The van der Waals surface area contributed by atoms with Crippen molar-refractivity contribution in [2.45, 2.75) is 0 Å². The quantitative estimate of drug-likeness (QED) is 0.620. The zero-order chi connectivity index (χ0) is 10.3. The van der Waals surface area contributed by atoms with Crippen molar-refractivity contribution in [1.82, 2.24) is 25.2 Å². The summed E-state index contributed by atoms with van der Waals surface area (Å²) in [4.78, 5) is 13.8. The van der Waals surface area contributed by atoms with Gasteiger partial charge in [-0.25, -0.2) is 4.79 Å². The van der Waals surface area contributed by atoms with E-state index in [2.05, 4.69) is 15.4 Å². The third-order valence-electron chi connectivity index (χ3n) is 1.10. The summed E-state index contributed by atoms with van der Waals surface area (Å²) in [5.41, 5.74) is 0. The Morgan fingerprint density at radius 2 is 1.77 bits per heavy atom. The lowest BCUT2D eigenvalue weighted by atomic mass is 10.7. The lowest BCUT2D eigenvalue weighted by Gasteiger charge is -2.16. The predicted molar refractivity (Wildman–Crippen MR) is 49.2 cm³/mol. The number of nitrogens with zero attached hydrogens (tertiary/aromatic N) is 4. The Bertz CT molecular complexity index is 192. The van der Waals surface area contributed by atoms with Crippen LogP contribution in [0.1, 0.15) is 0 Å². The van der Waals surface area contributed by atoms with Gasteiger partial charge >= 0.3 is 6.03 Å². The van der Waals surface area contributed by atoms with Crippen molar-refractivity contribution in [3.63, 3.8) is 0 Å². The van der Waals surface area contributed by atoms with Crippen LogP contribution in [0.5, 0.6) is 0 Å². The molecule has 13 heavy (non-hydrogen) atoms. The number of hydrogen-bond acceptors (Lipinski definition) is 3. The van der Waals surface area contributed by atoms with Crippen LogP contribution in [0, 0.1) is 0 Å². The summed E-state index contributed by atoms with van der Waals surface area (Å²) in [6, 6.07) is 0.0185. The topological polar surface area (TPSA) is 65.1 Å². The Morgan fingerprint density at radius 3 is 1.85 bits per heavy atom. The van der Waals surface area contributed by atoms with Crippen molar-refractivity contribution in [2.24, 2.45) is 0 Å². The van der Waals surface area contributed by atoms with Crippen LogP contribution in [0.4, 0.5) is 4.79 Å². The number of hydrogen-bond donors (Lipinski definition) is 1. The van der Waals surface area contributed by atoms with Crippen molar-refractivity contribution < 1.29 is 4.79 Å². The minimum absolute atomic E-state index is 0.0185. The third kappa shape index (κ3) is 5.66. The van der Waals surface area contributed by atoms with Gasteiger partial charge in [-0.2, -0.15) is 0 Å². The number of carbonyl (C=O) groups is 1. The summed E-state index contributed by atoms with van der Waals surface area (Å²) < 4.78 is 0. The minimum atomic E-state index is 0.0185. The molecule has 0 aliphatic rings. The van der Waals surface area contributed by atoms with Gasteiger partial charge in [0, 0.05) is 34.4 Å². The van der Waals surface area contributed by atoms with Crippen LogP contribution in [0.2, 0.25) is 0 Å². The average molecular weight is 185 g/mol. The first kappa shape index (κ1) is 11.4. The summed E-state index contributed by atoms with van der Waals surface area (Å²) in [6.07, 6.45) is 3.24. The van der Waals surface area contributed by atoms with Gasteiger partial charge in [-0.05, 0) is 0 Å². The second-order valence-electron chi connectivity index (χ2n) is 2.73. The molecule has 6 heteroatoms. The van der Waals surface area contributed by atoms with Gasteiger partial charge in [0.1, 0.15) is 0 Å². The average Bonchev–Trinajstić information content (AvgIpc) is 2.59. The highest BCUT2D eigenvalue weighted by atomic mass is 16.2. The molecule has 0 saturated carbocycles. The standard InChI is InChI=1S/C5H12N2O.C2H3N3/c1-6(2)5(8)7(3)4;1-2-4-5-3-1/h1-4H3;1-2H,(H,3,4,5). The number of H-pyrrole nitrogens is 1. The highest BCUT2D eigenvalue weighted by molar-refractivity contribution is 5.72. The molecule has 1 heterocycles. The van der Waals surface area contributed by atoms with Gasteiger partial charge in [0.25, 0.3) is 0 Å². The van der Waals surface area contributed by atoms with Gasteiger partial charge in [0.05, 0.1) is 6.20 Å². The number of urea groups is 1. The van der Waals surface area contributed by atoms with Gasteiger partial charge in [-0.3, -0.25) is 5.10 Å². The lowest BCUT2D eigenvalue weighted by molar-refractivity contribution is 0.191. The molecule has 0 saturated heterocycles. The van der Waals surface area contributed by atoms with E-state index in [9.17, 15) is 4.79 Å². The van der Waals surface area contributed by atoms with Gasteiger partial charge in [0.15, 0.2) is 0 Å². The number of rotatable bonds is 0. The van der Waals surface area contributed by atoms with Crippen LogP contribution < -0.4 is 0 Å². The van der Waals surface area contributed by atoms with E-state index in [0.717, 1.165) is 0 Å². The zero-order valence-electron chi connectivity index (χ0n) is 8.35. The van der Waals surface area contributed by atoms with E-state index in [1.165, 1.54) is 9.80 Å². The molecule has 0 atom stereocenters. The van der Waals surface area contributed by atoms with E-state index in [0.29, 0.717) is 0 Å². The molecule has 0 aliphatic heterocycles. The molecule has 74 valence electrons. The van der Waals surface area contributed by atoms with Crippen molar-refractivity contribution >= 4 is 6.03 Å². The molecule has 0 unspecified atom stereocenters. The van der Waals surface area contributed by atoms with Crippen LogP contribution in [0.3, 0.4) is 0 Å². The van der Waals surface area contributed by atoms with E-state index >= 15 is 0 Å². The molecule has 1 aromatic heterocycles. The molecule has 1 aromatic rings. The highest BCUT2D eigenvalue weighted by Gasteiger charge is 2.02. The van der Waals surface area contributed by atoms with Gasteiger partial charge in [-0.15, -0.1) is 5.10 Å². The first-order chi connectivity index (χ1) is 6.05. The molecule has 0 aromatic carbocycles. The third-order valence-corrected chi connectivity index (χ3v) is 1.10. The van der Waals surface area contributed by atoms with E-state index < -0.39 is 0 Å². The lowest BCUT2D eigenvalue weighted by Crippen LogP contribution is -2.33. The van der Waals surface area contributed by atoms with Crippen LogP contribution in [-0.4, -0.2) is 59.4 Å². The highest BCUT2D eigenvalue weighted by Crippen LogP contribution is 1.83. The molecule has 0 bridgehead atoms. The molecule has 0 fully saturated rings. The maximum Gasteiger partial charge on any atom is 0.318 e. The summed E-state index contributed by atoms with van der Waals surface area (Å²) in [7, 11) is 6.90. The number of aromatic amines is 1.